The maximum atomic E-state index is 3.85. The summed E-state index contributed by atoms with van der Waals surface area (Å²) < 4.78 is 0. The Morgan fingerprint density at radius 2 is 1.67 bits per heavy atom. The maximum absolute atomic E-state index is 3.85. The molecule has 0 bridgehead atoms. The lowest BCUT2D eigenvalue weighted by molar-refractivity contribution is 0.242. The van der Waals surface area contributed by atoms with Gasteiger partial charge in [0, 0.05) is 12.1 Å². The molecule has 0 amide bonds. The van der Waals surface area contributed by atoms with Crippen LogP contribution in [0.5, 0.6) is 0 Å². The lowest BCUT2D eigenvalue weighted by Crippen LogP contribution is -2.43. The highest BCUT2D eigenvalue weighted by Crippen LogP contribution is 2.48. The third-order valence-electron chi connectivity index (χ3n) is 4.95. The molecule has 0 saturated heterocycles. The van der Waals surface area contributed by atoms with Gasteiger partial charge in [0.1, 0.15) is 0 Å². The molecule has 0 spiro atoms. The minimum atomic E-state index is 0.628. The number of nitrogens with one attached hydrogen (secondary N) is 1. The Bertz CT molecular complexity index is 201. The molecule has 2 aliphatic carbocycles. The van der Waals surface area contributed by atoms with Gasteiger partial charge in [0.2, 0.25) is 0 Å². The average molecular weight is 209 g/mol. The van der Waals surface area contributed by atoms with E-state index < -0.39 is 0 Å². The van der Waals surface area contributed by atoms with Gasteiger partial charge < -0.3 is 5.32 Å². The first-order valence-corrected chi connectivity index (χ1v) is 6.88. The molecule has 0 aromatic heterocycles. The van der Waals surface area contributed by atoms with Crippen molar-refractivity contribution in [1.82, 2.24) is 5.32 Å². The third-order valence-corrected chi connectivity index (χ3v) is 4.95. The van der Waals surface area contributed by atoms with E-state index in [-0.39, 0.29) is 0 Å². The molecule has 2 saturated carbocycles. The Balaban J connectivity index is 1.77. The first-order chi connectivity index (χ1) is 7.12. The molecule has 1 heteroatoms. The van der Waals surface area contributed by atoms with E-state index in [0.717, 1.165) is 18.0 Å². The second kappa shape index (κ2) is 4.45. The van der Waals surface area contributed by atoms with Crippen LogP contribution in [0.1, 0.15) is 65.7 Å². The Labute approximate surface area is 95.0 Å². The van der Waals surface area contributed by atoms with Gasteiger partial charge in [-0.2, -0.15) is 0 Å². The van der Waals surface area contributed by atoms with E-state index in [0.29, 0.717) is 5.41 Å². The monoisotopic (exact) mass is 209 g/mol. The number of hydrogen-bond acceptors (Lipinski definition) is 1. The summed E-state index contributed by atoms with van der Waals surface area (Å²) in [5.41, 5.74) is 0.628. The molecule has 0 aliphatic heterocycles. The summed E-state index contributed by atoms with van der Waals surface area (Å²) >= 11 is 0. The second-order valence-corrected chi connectivity index (χ2v) is 6.23. The van der Waals surface area contributed by atoms with Crippen molar-refractivity contribution < 1.29 is 0 Å². The molecular weight excluding hydrogens is 182 g/mol. The van der Waals surface area contributed by atoms with Crippen molar-refractivity contribution >= 4 is 0 Å². The quantitative estimate of drug-likeness (QED) is 0.744. The molecular formula is C14H27N. The molecule has 0 heterocycles. The van der Waals surface area contributed by atoms with Gasteiger partial charge in [0.15, 0.2) is 0 Å². The smallest absolute Gasteiger partial charge is 0.00951 e. The fourth-order valence-corrected chi connectivity index (χ4v) is 3.00. The molecule has 0 aromatic carbocycles. The summed E-state index contributed by atoms with van der Waals surface area (Å²) in [5.74, 6) is 0.948. The van der Waals surface area contributed by atoms with Crippen LogP contribution in [-0.2, 0) is 0 Å². The van der Waals surface area contributed by atoms with Gasteiger partial charge >= 0.3 is 0 Å². The molecule has 0 radical (unpaired) electrons. The van der Waals surface area contributed by atoms with Crippen LogP contribution in [0, 0.1) is 11.3 Å². The molecule has 2 fully saturated rings. The standard InChI is InChI=1S/C14H27N/c1-11(13-7-5-4-6-8-13)15-12(2)14(3)9-10-14/h11-13,15H,4-10H2,1-3H3/t11-,12?/m0/s1. The second-order valence-electron chi connectivity index (χ2n) is 6.23. The highest BCUT2D eigenvalue weighted by Gasteiger charge is 2.43. The Morgan fingerprint density at radius 1 is 1.07 bits per heavy atom. The van der Waals surface area contributed by atoms with Crippen molar-refractivity contribution in [3.63, 3.8) is 0 Å². The van der Waals surface area contributed by atoms with Crippen molar-refractivity contribution in [3.8, 4) is 0 Å². The normalized spacial score (nSPS) is 29.8. The van der Waals surface area contributed by atoms with Crippen molar-refractivity contribution in [2.75, 3.05) is 0 Å². The molecule has 2 atom stereocenters. The van der Waals surface area contributed by atoms with Crippen molar-refractivity contribution in [3.05, 3.63) is 0 Å². The van der Waals surface area contributed by atoms with Crippen molar-refractivity contribution in [2.24, 2.45) is 11.3 Å². The van der Waals surface area contributed by atoms with Crippen LogP contribution in [-0.4, -0.2) is 12.1 Å². The predicted octanol–water partition coefficient (Wildman–Crippen LogP) is 3.73. The van der Waals surface area contributed by atoms with E-state index in [1.807, 2.05) is 0 Å². The van der Waals surface area contributed by atoms with Crippen LogP contribution < -0.4 is 5.32 Å². The highest BCUT2D eigenvalue weighted by molar-refractivity contribution is 4.97. The zero-order chi connectivity index (χ0) is 10.9. The third kappa shape index (κ3) is 2.75. The van der Waals surface area contributed by atoms with Crippen LogP contribution in [0.25, 0.3) is 0 Å². The van der Waals surface area contributed by atoms with E-state index >= 15 is 0 Å². The molecule has 1 unspecified atom stereocenters. The fraction of sp³-hybridized carbons (Fsp3) is 1.00. The molecule has 2 rings (SSSR count). The van der Waals surface area contributed by atoms with Gasteiger partial charge in [-0.05, 0) is 50.9 Å². The number of hydrogen-bond donors (Lipinski definition) is 1. The minimum absolute atomic E-state index is 0.628. The summed E-state index contributed by atoms with van der Waals surface area (Å²) in [4.78, 5) is 0. The zero-order valence-electron chi connectivity index (χ0n) is 10.7. The lowest BCUT2D eigenvalue weighted by Gasteiger charge is -2.32. The molecule has 15 heavy (non-hydrogen) atoms. The molecule has 1 N–H and O–H groups in total. The summed E-state index contributed by atoms with van der Waals surface area (Å²) in [5, 5.41) is 3.85. The summed E-state index contributed by atoms with van der Waals surface area (Å²) in [6.07, 6.45) is 10.2. The van der Waals surface area contributed by atoms with E-state index in [1.54, 1.807) is 0 Å². The zero-order valence-corrected chi connectivity index (χ0v) is 10.7. The highest BCUT2D eigenvalue weighted by atomic mass is 15.0. The van der Waals surface area contributed by atoms with Crippen LogP contribution in [0.15, 0.2) is 0 Å². The molecule has 0 aromatic rings. The molecule has 2 aliphatic rings. The van der Waals surface area contributed by atoms with Gasteiger partial charge in [-0.25, -0.2) is 0 Å². The summed E-state index contributed by atoms with van der Waals surface area (Å²) in [6.45, 7) is 7.21. The Hall–Kier alpha value is -0.0400. The van der Waals surface area contributed by atoms with Gasteiger partial charge in [-0.15, -0.1) is 0 Å². The SMILES string of the molecule is CC(N[C@@H](C)C1CCCCC1)C1(C)CC1. The fourth-order valence-electron chi connectivity index (χ4n) is 3.00. The lowest BCUT2D eigenvalue weighted by atomic mass is 9.84. The van der Waals surface area contributed by atoms with E-state index in [2.05, 4.69) is 26.1 Å². The maximum Gasteiger partial charge on any atom is 0.00951 e. The molecule has 88 valence electrons. The Kier molecular flexibility index (Phi) is 3.39. The van der Waals surface area contributed by atoms with Gasteiger partial charge in [0.25, 0.3) is 0 Å². The Morgan fingerprint density at radius 3 is 2.20 bits per heavy atom. The van der Waals surface area contributed by atoms with Crippen LogP contribution in [0.4, 0.5) is 0 Å². The first kappa shape index (κ1) is 11.4. The predicted molar refractivity (Wildman–Crippen MR) is 66.0 cm³/mol. The minimum Gasteiger partial charge on any atom is -0.311 e. The van der Waals surface area contributed by atoms with E-state index in [1.165, 1.54) is 44.9 Å². The molecule has 1 nitrogen and oxygen atoms in total. The summed E-state index contributed by atoms with van der Waals surface area (Å²) in [7, 11) is 0. The van der Waals surface area contributed by atoms with Crippen LogP contribution in [0.3, 0.4) is 0 Å². The van der Waals surface area contributed by atoms with Crippen molar-refractivity contribution in [1.29, 1.82) is 0 Å². The van der Waals surface area contributed by atoms with Gasteiger partial charge in [0.05, 0.1) is 0 Å². The van der Waals surface area contributed by atoms with Gasteiger partial charge in [-0.3, -0.25) is 0 Å². The van der Waals surface area contributed by atoms with E-state index in [4.69, 9.17) is 0 Å². The van der Waals surface area contributed by atoms with Crippen molar-refractivity contribution in [2.45, 2.75) is 77.8 Å². The number of rotatable bonds is 4. The van der Waals surface area contributed by atoms with Gasteiger partial charge in [-0.1, -0.05) is 26.2 Å². The van der Waals surface area contributed by atoms with Crippen LogP contribution >= 0.6 is 0 Å². The topological polar surface area (TPSA) is 12.0 Å². The average Bonchev–Trinajstić information content (AvgIpc) is 2.99. The van der Waals surface area contributed by atoms with Crippen LogP contribution in [0.2, 0.25) is 0 Å². The summed E-state index contributed by atoms with van der Waals surface area (Å²) in [6, 6.07) is 1.45. The van der Waals surface area contributed by atoms with E-state index in [9.17, 15) is 0 Å². The largest absolute Gasteiger partial charge is 0.311 e. The first-order valence-electron chi connectivity index (χ1n) is 6.88.